The zero-order chi connectivity index (χ0) is 14.0. The normalized spacial score (nSPS) is 14.2. The first-order chi connectivity index (χ1) is 9.06. The Balaban J connectivity index is 2.37. The van der Waals surface area contributed by atoms with Gasteiger partial charge in [-0.1, -0.05) is 17.7 Å². The lowest BCUT2D eigenvalue weighted by molar-refractivity contribution is -0.385. The number of carbonyl (C=O) groups excluding carboxylic acids is 1. The van der Waals surface area contributed by atoms with Gasteiger partial charge in [0.1, 0.15) is 10.6 Å². The molecular formula is C12H13ClN2O4. The van der Waals surface area contributed by atoms with Crippen LogP contribution in [0.15, 0.2) is 18.2 Å². The average Bonchev–Trinajstić information content (AvgIpc) is 3.18. The summed E-state index contributed by atoms with van der Waals surface area (Å²) in [6.07, 6.45) is 1.72. The molecule has 2 rings (SSSR count). The molecule has 6 nitrogen and oxygen atoms in total. The fraction of sp³-hybridized carbons (Fsp3) is 0.417. The Morgan fingerprint density at radius 2 is 2.21 bits per heavy atom. The number of nitro groups is 1. The number of hydrogen-bond acceptors (Lipinski definition) is 4. The summed E-state index contributed by atoms with van der Waals surface area (Å²) in [5, 5.41) is 19.9. The SMILES string of the molecule is O=C(c1cccc(Cl)c1[N+](=O)[O-])N(CCO)C1CC1. The van der Waals surface area contributed by atoms with E-state index >= 15 is 0 Å². The third-order valence-corrected chi connectivity index (χ3v) is 3.29. The summed E-state index contributed by atoms with van der Waals surface area (Å²) in [5.74, 6) is -0.453. The van der Waals surface area contributed by atoms with Crippen LogP contribution in [0.3, 0.4) is 0 Å². The Morgan fingerprint density at radius 1 is 1.53 bits per heavy atom. The number of benzene rings is 1. The molecule has 1 aromatic carbocycles. The van der Waals surface area contributed by atoms with Gasteiger partial charge in [0, 0.05) is 12.6 Å². The van der Waals surface area contributed by atoms with E-state index in [4.69, 9.17) is 16.7 Å². The largest absolute Gasteiger partial charge is 0.395 e. The summed E-state index contributed by atoms with van der Waals surface area (Å²) in [5.41, 5.74) is -0.407. The molecule has 0 unspecified atom stereocenters. The van der Waals surface area contributed by atoms with Crippen LogP contribution in [0, 0.1) is 10.1 Å². The Bertz CT molecular complexity index is 516. The minimum atomic E-state index is -0.653. The zero-order valence-corrected chi connectivity index (χ0v) is 10.8. The molecule has 1 fully saturated rings. The maximum atomic E-state index is 12.3. The highest BCUT2D eigenvalue weighted by atomic mass is 35.5. The molecule has 0 atom stereocenters. The lowest BCUT2D eigenvalue weighted by Crippen LogP contribution is -2.35. The Morgan fingerprint density at radius 3 is 2.74 bits per heavy atom. The molecule has 19 heavy (non-hydrogen) atoms. The minimum Gasteiger partial charge on any atom is -0.395 e. The quantitative estimate of drug-likeness (QED) is 0.660. The lowest BCUT2D eigenvalue weighted by Gasteiger charge is -2.21. The van der Waals surface area contributed by atoms with Crippen LogP contribution in [0.2, 0.25) is 5.02 Å². The highest BCUT2D eigenvalue weighted by molar-refractivity contribution is 6.33. The van der Waals surface area contributed by atoms with Crippen LogP contribution in [0.5, 0.6) is 0 Å². The van der Waals surface area contributed by atoms with Crippen LogP contribution in [-0.4, -0.2) is 40.0 Å². The van der Waals surface area contributed by atoms with Crippen molar-refractivity contribution in [2.75, 3.05) is 13.2 Å². The summed E-state index contributed by atoms with van der Waals surface area (Å²) in [6, 6.07) is 4.34. The van der Waals surface area contributed by atoms with Crippen LogP contribution in [0.4, 0.5) is 5.69 Å². The van der Waals surface area contributed by atoms with E-state index in [9.17, 15) is 14.9 Å². The maximum Gasteiger partial charge on any atom is 0.300 e. The molecule has 1 saturated carbocycles. The predicted octanol–water partition coefficient (Wildman–Crippen LogP) is 1.85. The summed E-state index contributed by atoms with van der Waals surface area (Å²) in [4.78, 5) is 24.2. The molecular weight excluding hydrogens is 272 g/mol. The second kappa shape index (κ2) is 5.54. The third kappa shape index (κ3) is 2.85. The number of carbonyl (C=O) groups is 1. The van der Waals surface area contributed by atoms with Gasteiger partial charge >= 0.3 is 5.69 Å². The molecule has 0 heterocycles. The number of aliphatic hydroxyl groups excluding tert-OH is 1. The molecule has 1 aliphatic carbocycles. The van der Waals surface area contributed by atoms with Crippen LogP contribution >= 0.6 is 11.6 Å². The molecule has 1 aromatic rings. The highest BCUT2D eigenvalue weighted by Crippen LogP contribution is 2.33. The smallest absolute Gasteiger partial charge is 0.300 e. The maximum absolute atomic E-state index is 12.3. The van der Waals surface area contributed by atoms with E-state index in [0.717, 1.165) is 12.8 Å². The molecule has 0 aromatic heterocycles. The Labute approximate surface area is 114 Å². The van der Waals surface area contributed by atoms with Crippen molar-refractivity contribution in [2.45, 2.75) is 18.9 Å². The van der Waals surface area contributed by atoms with E-state index in [1.807, 2.05) is 0 Å². The van der Waals surface area contributed by atoms with Crippen LogP contribution < -0.4 is 0 Å². The van der Waals surface area contributed by atoms with Crippen LogP contribution in [-0.2, 0) is 0 Å². The van der Waals surface area contributed by atoms with E-state index in [0.29, 0.717) is 0 Å². The van der Waals surface area contributed by atoms with Gasteiger partial charge in [-0.15, -0.1) is 0 Å². The van der Waals surface area contributed by atoms with Gasteiger partial charge in [-0.2, -0.15) is 0 Å². The van der Waals surface area contributed by atoms with Crippen molar-refractivity contribution >= 4 is 23.2 Å². The predicted molar refractivity (Wildman–Crippen MR) is 69.3 cm³/mol. The topological polar surface area (TPSA) is 83.7 Å². The van der Waals surface area contributed by atoms with Crippen molar-refractivity contribution in [3.8, 4) is 0 Å². The fourth-order valence-corrected chi connectivity index (χ4v) is 2.22. The van der Waals surface area contributed by atoms with E-state index in [1.165, 1.54) is 23.1 Å². The number of nitrogens with zero attached hydrogens (tertiary/aromatic N) is 2. The van der Waals surface area contributed by atoms with Gasteiger partial charge in [0.05, 0.1) is 11.5 Å². The molecule has 0 spiro atoms. The molecule has 0 radical (unpaired) electrons. The molecule has 0 aliphatic heterocycles. The van der Waals surface area contributed by atoms with Gasteiger partial charge in [0.2, 0.25) is 0 Å². The van der Waals surface area contributed by atoms with Gasteiger partial charge in [-0.25, -0.2) is 0 Å². The highest BCUT2D eigenvalue weighted by Gasteiger charge is 2.35. The van der Waals surface area contributed by atoms with Crippen molar-refractivity contribution in [3.05, 3.63) is 38.9 Å². The number of amides is 1. The lowest BCUT2D eigenvalue weighted by atomic mass is 10.1. The van der Waals surface area contributed by atoms with E-state index < -0.39 is 10.8 Å². The molecule has 0 saturated heterocycles. The van der Waals surface area contributed by atoms with Crippen molar-refractivity contribution < 1.29 is 14.8 Å². The molecule has 7 heteroatoms. The van der Waals surface area contributed by atoms with Crippen molar-refractivity contribution in [1.29, 1.82) is 0 Å². The summed E-state index contributed by atoms with van der Waals surface area (Å²) in [7, 11) is 0. The van der Waals surface area contributed by atoms with Crippen molar-refractivity contribution in [3.63, 3.8) is 0 Å². The zero-order valence-electron chi connectivity index (χ0n) is 10.1. The Hall–Kier alpha value is -1.66. The van der Waals surface area contributed by atoms with E-state index in [2.05, 4.69) is 0 Å². The molecule has 1 aliphatic rings. The Kier molecular flexibility index (Phi) is 4.01. The first kappa shape index (κ1) is 13.8. The first-order valence-electron chi connectivity index (χ1n) is 5.91. The van der Waals surface area contributed by atoms with E-state index in [-0.39, 0.29) is 35.5 Å². The molecule has 1 amide bonds. The summed E-state index contributed by atoms with van der Waals surface area (Å²) < 4.78 is 0. The second-order valence-corrected chi connectivity index (χ2v) is 4.75. The van der Waals surface area contributed by atoms with Gasteiger partial charge < -0.3 is 10.0 Å². The monoisotopic (exact) mass is 284 g/mol. The minimum absolute atomic E-state index is 0.0298. The van der Waals surface area contributed by atoms with E-state index in [1.54, 1.807) is 0 Å². The van der Waals surface area contributed by atoms with Crippen molar-refractivity contribution in [1.82, 2.24) is 4.90 Å². The number of halogens is 1. The van der Waals surface area contributed by atoms with Gasteiger partial charge in [0.25, 0.3) is 5.91 Å². The number of nitro benzene ring substituents is 1. The number of hydrogen-bond donors (Lipinski definition) is 1. The van der Waals surface area contributed by atoms with Crippen LogP contribution in [0.25, 0.3) is 0 Å². The van der Waals surface area contributed by atoms with Gasteiger partial charge in [0.15, 0.2) is 0 Å². The standard InChI is InChI=1S/C12H13ClN2O4/c13-10-3-1-2-9(11(10)15(18)19)12(17)14(6-7-16)8-4-5-8/h1-3,8,16H,4-7H2. The summed E-state index contributed by atoms with van der Waals surface area (Å²) >= 11 is 5.78. The van der Waals surface area contributed by atoms with Gasteiger partial charge in [-0.3, -0.25) is 14.9 Å². The number of rotatable bonds is 5. The molecule has 102 valence electrons. The second-order valence-electron chi connectivity index (χ2n) is 4.35. The van der Waals surface area contributed by atoms with Crippen molar-refractivity contribution in [2.24, 2.45) is 0 Å². The number of aliphatic hydroxyl groups is 1. The molecule has 0 bridgehead atoms. The third-order valence-electron chi connectivity index (χ3n) is 2.99. The summed E-state index contributed by atoms with van der Waals surface area (Å²) in [6.45, 7) is 0.00374. The fourth-order valence-electron chi connectivity index (χ4n) is 1.97. The van der Waals surface area contributed by atoms with Crippen LogP contribution in [0.1, 0.15) is 23.2 Å². The van der Waals surface area contributed by atoms with Gasteiger partial charge in [-0.05, 0) is 25.0 Å². The first-order valence-corrected chi connectivity index (χ1v) is 6.28. The molecule has 1 N–H and O–H groups in total. The average molecular weight is 285 g/mol. The number of para-hydroxylation sites is 1.